The maximum Gasteiger partial charge on any atom is 0.335 e. The molecule has 7 nitrogen and oxygen atoms in total. The highest BCUT2D eigenvalue weighted by Gasteiger charge is 2.36. The van der Waals surface area contributed by atoms with Gasteiger partial charge in [-0.2, -0.15) is 5.26 Å². The lowest BCUT2D eigenvalue weighted by Gasteiger charge is -2.26. The number of nitriles is 1. The highest BCUT2D eigenvalue weighted by molar-refractivity contribution is 6.39. The molecule has 0 radical (unpaired) electrons. The van der Waals surface area contributed by atoms with Crippen LogP contribution in [-0.4, -0.2) is 17.8 Å². The summed E-state index contributed by atoms with van der Waals surface area (Å²) in [5, 5.41) is 11.4. The molecule has 1 aliphatic rings. The Morgan fingerprint density at radius 1 is 1.03 bits per heavy atom. The molecule has 36 heavy (non-hydrogen) atoms. The molecule has 0 bridgehead atoms. The fraction of sp³-hybridized carbons (Fsp3) is 0.0714. The number of rotatable bonds is 7. The summed E-state index contributed by atoms with van der Waals surface area (Å²) in [5.41, 5.74) is 2.43. The molecule has 8 heteroatoms. The van der Waals surface area contributed by atoms with E-state index >= 15 is 0 Å². The molecular formula is C28H20FN3O4. The van der Waals surface area contributed by atoms with Gasteiger partial charge in [0.15, 0.2) is 0 Å². The van der Waals surface area contributed by atoms with Crippen LogP contribution in [0.3, 0.4) is 0 Å². The van der Waals surface area contributed by atoms with Gasteiger partial charge in [0.1, 0.15) is 23.7 Å². The van der Waals surface area contributed by atoms with Crippen molar-refractivity contribution in [2.45, 2.75) is 13.0 Å². The monoisotopic (exact) mass is 481 g/mol. The fourth-order valence-corrected chi connectivity index (χ4v) is 3.70. The van der Waals surface area contributed by atoms with Crippen molar-refractivity contribution in [3.05, 3.63) is 113 Å². The number of nitrogens with zero attached hydrogens (tertiary/aromatic N) is 2. The summed E-state index contributed by atoms with van der Waals surface area (Å²) in [6.45, 7) is 3.95. The lowest BCUT2D eigenvalue weighted by Crippen LogP contribution is -2.54. The minimum atomic E-state index is -0.914. The summed E-state index contributed by atoms with van der Waals surface area (Å²) >= 11 is 0. The number of allylic oxidation sites excluding steroid dienone is 1. The first-order chi connectivity index (χ1) is 17.4. The van der Waals surface area contributed by atoms with E-state index in [4.69, 9.17) is 4.74 Å². The van der Waals surface area contributed by atoms with Crippen LogP contribution in [0.5, 0.6) is 5.75 Å². The van der Waals surface area contributed by atoms with Gasteiger partial charge in [-0.1, -0.05) is 30.3 Å². The van der Waals surface area contributed by atoms with E-state index in [1.165, 1.54) is 18.2 Å². The SMILES string of the molecule is C=CCc1cc(/C=C2\C(=O)NC(=O)N(c3ccc(F)cc3)C2=O)ccc1OCc1ccccc1C#N. The van der Waals surface area contributed by atoms with Crippen LogP contribution >= 0.6 is 0 Å². The summed E-state index contributed by atoms with van der Waals surface area (Å²) in [6, 6.07) is 18.3. The number of ether oxygens (including phenoxy) is 1. The number of hydrogen-bond acceptors (Lipinski definition) is 5. The highest BCUT2D eigenvalue weighted by atomic mass is 19.1. The average Bonchev–Trinajstić information content (AvgIpc) is 2.87. The zero-order chi connectivity index (χ0) is 25.7. The summed E-state index contributed by atoms with van der Waals surface area (Å²) in [6.07, 6.45) is 3.52. The van der Waals surface area contributed by atoms with Gasteiger partial charge in [-0.3, -0.25) is 14.9 Å². The molecule has 1 N–H and O–H groups in total. The number of anilines is 1. The Hall–Kier alpha value is -5.03. The molecule has 4 amide bonds. The van der Waals surface area contributed by atoms with Crippen LogP contribution < -0.4 is 15.0 Å². The van der Waals surface area contributed by atoms with Gasteiger partial charge in [0.25, 0.3) is 11.8 Å². The Labute approximate surface area is 206 Å². The summed E-state index contributed by atoms with van der Waals surface area (Å²) in [4.78, 5) is 38.6. The van der Waals surface area contributed by atoms with Crippen LogP contribution in [0.15, 0.2) is 85.0 Å². The normalized spacial score (nSPS) is 14.4. The smallest absolute Gasteiger partial charge is 0.335 e. The Kier molecular flexibility index (Phi) is 7.02. The van der Waals surface area contributed by atoms with E-state index in [1.54, 1.807) is 36.4 Å². The van der Waals surface area contributed by atoms with Crippen molar-refractivity contribution in [3.8, 4) is 11.8 Å². The van der Waals surface area contributed by atoms with Crippen molar-refractivity contribution in [2.24, 2.45) is 0 Å². The standard InChI is InChI=1S/C28H20FN3O4/c1-2-5-19-14-18(8-13-25(19)36-17-21-7-4-3-6-20(21)16-30)15-24-26(33)31-28(35)32(27(24)34)23-11-9-22(29)10-12-23/h2-4,6-15H,1,5,17H2,(H,31,33,35)/b24-15+. The van der Waals surface area contributed by atoms with E-state index in [9.17, 15) is 24.0 Å². The highest BCUT2D eigenvalue weighted by Crippen LogP contribution is 2.26. The van der Waals surface area contributed by atoms with E-state index in [0.29, 0.717) is 23.3 Å². The Balaban J connectivity index is 1.62. The number of carbonyl (C=O) groups is 3. The molecule has 0 saturated carbocycles. The van der Waals surface area contributed by atoms with Gasteiger partial charge in [0, 0.05) is 5.56 Å². The fourth-order valence-electron chi connectivity index (χ4n) is 3.70. The van der Waals surface area contributed by atoms with Gasteiger partial charge in [0.2, 0.25) is 0 Å². The van der Waals surface area contributed by atoms with Gasteiger partial charge in [-0.05, 0) is 66.1 Å². The van der Waals surface area contributed by atoms with Gasteiger partial charge in [0.05, 0.1) is 17.3 Å². The molecule has 1 saturated heterocycles. The van der Waals surface area contributed by atoms with Crippen LogP contribution in [0.4, 0.5) is 14.9 Å². The molecule has 0 atom stereocenters. The third-order valence-corrected chi connectivity index (χ3v) is 5.47. The maximum atomic E-state index is 13.3. The Bertz CT molecular complexity index is 1440. The van der Waals surface area contributed by atoms with Crippen LogP contribution in [0.2, 0.25) is 0 Å². The summed E-state index contributed by atoms with van der Waals surface area (Å²) < 4.78 is 19.3. The minimum absolute atomic E-state index is 0.131. The zero-order valence-corrected chi connectivity index (χ0v) is 19.0. The zero-order valence-electron chi connectivity index (χ0n) is 19.0. The van der Waals surface area contributed by atoms with E-state index in [0.717, 1.165) is 28.2 Å². The number of hydrogen-bond donors (Lipinski definition) is 1. The van der Waals surface area contributed by atoms with E-state index in [2.05, 4.69) is 18.0 Å². The molecule has 3 aromatic carbocycles. The molecule has 0 spiro atoms. The lowest BCUT2D eigenvalue weighted by atomic mass is 10.0. The molecule has 0 aliphatic carbocycles. The predicted octanol–water partition coefficient (Wildman–Crippen LogP) is 4.67. The minimum Gasteiger partial charge on any atom is -0.489 e. The van der Waals surface area contributed by atoms with Crippen LogP contribution in [0, 0.1) is 17.1 Å². The van der Waals surface area contributed by atoms with E-state index in [-0.39, 0.29) is 17.9 Å². The molecule has 1 heterocycles. The van der Waals surface area contributed by atoms with E-state index < -0.39 is 23.7 Å². The number of halogens is 1. The molecular weight excluding hydrogens is 461 g/mol. The molecule has 3 aromatic rings. The number of carbonyl (C=O) groups excluding carboxylic acids is 3. The maximum absolute atomic E-state index is 13.3. The van der Waals surface area contributed by atoms with Gasteiger partial charge >= 0.3 is 6.03 Å². The largest absolute Gasteiger partial charge is 0.489 e. The first-order valence-corrected chi connectivity index (χ1v) is 10.9. The van der Waals surface area contributed by atoms with Crippen molar-refractivity contribution in [1.29, 1.82) is 5.26 Å². The topological polar surface area (TPSA) is 99.5 Å². The van der Waals surface area contributed by atoms with E-state index in [1.807, 2.05) is 12.1 Å². The first kappa shape index (κ1) is 24.1. The Morgan fingerprint density at radius 2 is 1.78 bits per heavy atom. The van der Waals surface area contributed by atoms with Crippen molar-refractivity contribution in [1.82, 2.24) is 5.32 Å². The van der Waals surface area contributed by atoms with Crippen molar-refractivity contribution in [2.75, 3.05) is 4.90 Å². The molecule has 1 fully saturated rings. The number of barbiturate groups is 1. The third-order valence-electron chi connectivity index (χ3n) is 5.47. The second kappa shape index (κ2) is 10.5. The number of imide groups is 2. The second-order valence-electron chi connectivity index (χ2n) is 7.85. The predicted molar refractivity (Wildman–Crippen MR) is 131 cm³/mol. The Morgan fingerprint density at radius 3 is 2.50 bits per heavy atom. The number of benzene rings is 3. The van der Waals surface area contributed by atoms with Crippen LogP contribution in [0.25, 0.3) is 6.08 Å². The molecule has 1 aliphatic heterocycles. The molecule has 4 rings (SSSR count). The van der Waals surface area contributed by atoms with Gasteiger partial charge < -0.3 is 4.74 Å². The summed E-state index contributed by atoms with van der Waals surface area (Å²) in [7, 11) is 0. The van der Waals surface area contributed by atoms with Crippen molar-refractivity contribution >= 4 is 29.6 Å². The van der Waals surface area contributed by atoms with Gasteiger partial charge in [-0.25, -0.2) is 14.1 Å². The van der Waals surface area contributed by atoms with Crippen LogP contribution in [-0.2, 0) is 22.6 Å². The van der Waals surface area contributed by atoms with Crippen molar-refractivity contribution in [3.63, 3.8) is 0 Å². The lowest BCUT2D eigenvalue weighted by molar-refractivity contribution is -0.122. The molecule has 0 unspecified atom stereocenters. The number of amides is 4. The quantitative estimate of drug-likeness (QED) is 0.300. The first-order valence-electron chi connectivity index (χ1n) is 10.9. The molecule has 178 valence electrons. The van der Waals surface area contributed by atoms with Crippen molar-refractivity contribution < 1.29 is 23.5 Å². The number of urea groups is 1. The van der Waals surface area contributed by atoms with Gasteiger partial charge in [-0.15, -0.1) is 6.58 Å². The second-order valence-corrected chi connectivity index (χ2v) is 7.85. The average molecular weight is 481 g/mol. The number of nitrogens with one attached hydrogen (secondary N) is 1. The third kappa shape index (κ3) is 5.05. The molecule has 0 aromatic heterocycles. The van der Waals surface area contributed by atoms with Crippen LogP contribution in [0.1, 0.15) is 22.3 Å². The summed E-state index contributed by atoms with van der Waals surface area (Å²) in [5.74, 6) is -1.62.